The zero-order valence-electron chi connectivity index (χ0n) is 8.29. The lowest BCUT2D eigenvalue weighted by molar-refractivity contribution is -0.121. The minimum Gasteiger partial charge on any atom is -0.352 e. The first kappa shape index (κ1) is 10.7. The van der Waals surface area contributed by atoms with Gasteiger partial charge in [0.05, 0.1) is 0 Å². The van der Waals surface area contributed by atoms with Crippen LogP contribution in [0, 0.1) is 0 Å². The van der Waals surface area contributed by atoms with Gasteiger partial charge in [0.15, 0.2) is 0 Å². The van der Waals surface area contributed by atoms with E-state index in [0.29, 0.717) is 19.5 Å². The van der Waals surface area contributed by atoms with Crippen LogP contribution in [0.4, 0.5) is 0 Å². The number of rotatable bonds is 5. The van der Waals surface area contributed by atoms with Crippen LogP contribution in [0.1, 0.15) is 12.0 Å². The summed E-state index contributed by atoms with van der Waals surface area (Å²) in [6.45, 7) is 1.28. The Morgan fingerprint density at radius 2 is 2.14 bits per heavy atom. The number of aromatic nitrogens is 1. The predicted molar refractivity (Wildman–Crippen MR) is 54.6 cm³/mol. The summed E-state index contributed by atoms with van der Waals surface area (Å²) >= 11 is 0. The molecule has 0 aliphatic rings. The molecule has 0 aromatic carbocycles. The molecule has 1 heterocycles. The SMILES string of the molecule is CNCCC(=O)NCc1ccncc1. The molecule has 1 rings (SSSR count). The second kappa shape index (κ2) is 6.10. The van der Waals surface area contributed by atoms with Crippen LogP contribution >= 0.6 is 0 Å². The third-order valence-electron chi connectivity index (χ3n) is 1.84. The van der Waals surface area contributed by atoms with E-state index in [1.807, 2.05) is 19.2 Å². The molecule has 76 valence electrons. The number of amides is 1. The zero-order chi connectivity index (χ0) is 10.2. The minimum atomic E-state index is 0.0659. The molecule has 14 heavy (non-hydrogen) atoms. The average molecular weight is 193 g/mol. The molecule has 1 aromatic rings. The lowest BCUT2D eigenvalue weighted by atomic mass is 10.2. The zero-order valence-corrected chi connectivity index (χ0v) is 8.29. The fourth-order valence-corrected chi connectivity index (χ4v) is 1.03. The Morgan fingerprint density at radius 3 is 2.79 bits per heavy atom. The van der Waals surface area contributed by atoms with Gasteiger partial charge in [0.2, 0.25) is 5.91 Å². The highest BCUT2D eigenvalue weighted by molar-refractivity contribution is 5.76. The summed E-state index contributed by atoms with van der Waals surface area (Å²) < 4.78 is 0. The van der Waals surface area contributed by atoms with Crippen molar-refractivity contribution in [2.24, 2.45) is 0 Å². The van der Waals surface area contributed by atoms with Crippen molar-refractivity contribution in [3.63, 3.8) is 0 Å². The van der Waals surface area contributed by atoms with E-state index in [2.05, 4.69) is 15.6 Å². The Hall–Kier alpha value is -1.42. The quantitative estimate of drug-likeness (QED) is 0.707. The summed E-state index contributed by atoms with van der Waals surface area (Å²) in [5, 5.41) is 5.75. The molecule has 1 amide bonds. The molecule has 0 saturated carbocycles. The summed E-state index contributed by atoms with van der Waals surface area (Å²) in [4.78, 5) is 15.1. The van der Waals surface area contributed by atoms with Crippen LogP contribution in [-0.4, -0.2) is 24.5 Å². The van der Waals surface area contributed by atoms with Crippen LogP contribution in [0.25, 0.3) is 0 Å². The Morgan fingerprint density at radius 1 is 1.43 bits per heavy atom. The molecule has 0 fully saturated rings. The second-order valence-electron chi connectivity index (χ2n) is 2.99. The number of carbonyl (C=O) groups is 1. The molecule has 4 nitrogen and oxygen atoms in total. The van der Waals surface area contributed by atoms with Gasteiger partial charge < -0.3 is 10.6 Å². The fourth-order valence-electron chi connectivity index (χ4n) is 1.03. The van der Waals surface area contributed by atoms with E-state index in [0.717, 1.165) is 5.56 Å². The lowest BCUT2D eigenvalue weighted by Gasteiger charge is -2.04. The molecule has 1 aromatic heterocycles. The van der Waals surface area contributed by atoms with Gasteiger partial charge in [-0.2, -0.15) is 0 Å². The molecule has 2 N–H and O–H groups in total. The largest absolute Gasteiger partial charge is 0.352 e. The van der Waals surface area contributed by atoms with Crippen LogP contribution in [0.2, 0.25) is 0 Å². The third kappa shape index (κ3) is 4.00. The minimum absolute atomic E-state index is 0.0659. The van der Waals surface area contributed by atoms with E-state index >= 15 is 0 Å². The maximum absolute atomic E-state index is 11.2. The normalized spacial score (nSPS) is 9.79. The molecule has 0 spiro atoms. The molecule has 0 saturated heterocycles. The van der Waals surface area contributed by atoms with Crippen molar-refractivity contribution in [3.05, 3.63) is 30.1 Å². The van der Waals surface area contributed by atoms with Crippen LogP contribution in [0.5, 0.6) is 0 Å². The fraction of sp³-hybridized carbons (Fsp3) is 0.400. The number of pyridine rings is 1. The molecular formula is C10H15N3O. The topological polar surface area (TPSA) is 54.0 Å². The summed E-state index contributed by atoms with van der Waals surface area (Å²) in [6, 6.07) is 3.77. The number of nitrogens with one attached hydrogen (secondary N) is 2. The van der Waals surface area contributed by atoms with E-state index in [-0.39, 0.29) is 5.91 Å². The predicted octanol–water partition coefficient (Wildman–Crippen LogP) is 0.307. The highest BCUT2D eigenvalue weighted by Gasteiger charge is 1.99. The summed E-state index contributed by atoms with van der Waals surface area (Å²) in [6.07, 6.45) is 3.95. The molecular weight excluding hydrogens is 178 g/mol. The van der Waals surface area contributed by atoms with Crippen LogP contribution < -0.4 is 10.6 Å². The first-order valence-electron chi connectivity index (χ1n) is 4.63. The maximum atomic E-state index is 11.2. The van der Waals surface area contributed by atoms with E-state index in [4.69, 9.17) is 0 Å². The molecule has 4 heteroatoms. The maximum Gasteiger partial charge on any atom is 0.221 e. The van der Waals surface area contributed by atoms with Gasteiger partial charge in [-0.25, -0.2) is 0 Å². The van der Waals surface area contributed by atoms with Gasteiger partial charge in [-0.15, -0.1) is 0 Å². The molecule has 0 aliphatic heterocycles. The van der Waals surface area contributed by atoms with Crippen LogP contribution in [-0.2, 0) is 11.3 Å². The Balaban J connectivity index is 2.24. The Labute approximate surface area is 83.7 Å². The number of nitrogens with zero attached hydrogens (tertiary/aromatic N) is 1. The Kier molecular flexibility index (Phi) is 4.64. The third-order valence-corrected chi connectivity index (χ3v) is 1.84. The number of hydrogen-bond acceptors (Lipinski definition) is 3. The van der Waals surface area contributed by atoms with E-state index in [9.17, 15) is 4.79 Å². The smallest absolute Gasteiger partial charge is 0.221 e. The van der Waals surface area contributed by atoms with E-state index in [1.165, 1.54) is 0 Å². The van der Waals surface area contributed by atoms with Crippen molar-refractivity contribution in [3.8, 4) is 0 Å². The molecule has 0 radical (unpaired) electrons. The first-order valence-corrected chi connectivity index (χ1v) is 4.63. The number of hydrogen-bond donors (Lipinski definition) is 2. The molecule has 0 aliphatic carbocycles. The standard InChI is InChI=1S/C10H15N3O/c1-11-5-4-10(14)13-8-9-2-6-12-7-3-9/h2-3,6-7,11H,4-5,8H2,1H3,(H,13,14). The Bertz CT molecular complexity index is 274. The summed E-state index contributed by atoms with van der Waals surface area (Å²) in [5.74, 6) is 0.0659. The second-order valence-corrected chi connectivity index (χ2v) is 2.99. The van der Waals surface area contributed by atoms with Crippen molar-refractivity contribution in [1.82, 2.24) is 15.6 Å². The van der Waals surface area contributed by atoms with E-state index in [1.54, 1.807) is 12.4 Å². The monoisotopic (exact) mass is 193 g/mol. The van der Waals surface area contributed by atoms with Crippen LogP contribution in [0.15, 0.2) is 24.5 Å². The summed E-state index contributed by atoms with van der Waals surface area (Å²) in [7, 11) is 1.83. The van der Waals surface area contributed by atoms with Gasteiger partial charge in [0.25, 0.3) is 0 Å². The van der Waals surface area contributed by atoms with Crippen molar-refractivity contribution in [1.29, 1.82) is 0 Å². The van der Waals surface area contributed by atoms with E-state index < -0.39 is 0 Å². The summed E-state index contributed by atoms with van der Waals surface area (Å²) in [5.41, 5.74) is 1.07. The van der Waals surface area contributed by atoms with Gasteiger partial charge in [-0.1, -0.05) is 0 Å². The number of carbonyl (C=O) groups excluding carboxylic acids is 1. The van der Waals surface area contributed by atoms with Crippen molar-refractivity contribution in [2.45, 2.75) is 13.0 Å². The molecule has 0 bridgehead atoms. The van der Waals surface area contributed by atoms with Crippen molar-refractivity contribution < 1.29 is 4.79 Å². The average Bonchev–Trinajstić information content (AvgIpc) is 2.25. The van der Waals surface area contributed by atoms with Crippen molar-refractivity contribution >= 4 is 5.91 Å². The van der Waals surface area contributed by atoms with Gasteiger partial charge in [-0.3, -0.25) is 9.78 Å². The van der Waals surface area contributed by atoms with Gasteiger partial charge in [0.1, 0.15) is 0 Å². The lowest BCUT2D eigenvalue weighted by Crippen LogP contribution is -2.26. The molecule has 0 unspecified atom stereocenters. The van der Waals surface area contributed by atoms with Crippen LogP contribution in [0.3, 0.4) is 0 Å². The molecule has 0 atom stereocenters. The highest BCUT2D eigenvalue weighted by Crippen LogP contribution is 1.94. The first-order chi connectivity index (χ1) is 6.83. The van der Waals surface area contributed by atoms with Gasteiger partial charge in [0, 0.05) is 31.9 Å². The van der Waals surface area contributed by atoms with Gasteiger partial charge in [-0.05, 0) is 24.7 Å². The van der Waals surface area contributed by atoms with Gasteiger partial charge >= 0.3 is 0 Å². The van der Waals surface area contributed by atoms with Crippen molar-refractivity contribution in [2.75, 3.05) is 13.6 Å². The highest BCUT2D eigenvalue weighted by atomic mass is 16.1.